The lowest BCUT2D eigenvalue weighted by Crippen LogP contribution is -2.26. The summed E-state index contributed by atoms with van der Waals surface area (Å²) in [5, 5.41) is 22.2. The van der Waals surface area contributed by atoms with Gasteiger partial charge in [-0.1, -0.05) is 60.1 Å². The summed E-state index contributed by atoms with van der Waals surface area (Å²) in [6.07, 6.45) is 3.80. The number of halogens is 2. The third-order valence-corrected chi connectivity index (χ3v) is 6.20. The van der Waals surface area contributed by atoms with E-state index in [1.807, 2.05) is 36.4 Å². The van der Waals surface area contributed by atoms with Gasteiger partial charge >= 0.3 is 0 Å². The molecule has 2 unspecified atom stereocenters. The lowest BCUT2D eigenvalue weighted by Gasteiger charge is -2.38. The summed E-state index contributed by atoms with van der Waals surface area (Å²) in [4.78, 5) is 0. The molecule has 2 nitrogen and oxygen atoms in total. The zero-order valence-electron chi connectivity index (χ0n) is 19.4. The molecule has 0 saturated carbocycles. The highest BCUT2D eigenvalue weighted by atomic mass is 19.1. The third-order valence-electron chi connectivity index (χ3n) is 6.20. The van der Waals surface area contributed by atoms with Crippen molar-refractivity contribution in [1.82, 2.24) is 0 Å². The fourth-order valence-corrected chi connectivity index (χ4v) is 4.94. The summed E-state index contributed by atoms with van der Waals surface area (Å²) >= 11 is 0. The van der Waals surface area contributed by atoms with E-state index in [0.717, 1.165) is 21.9 Å². The minimum atomic E-state index is -1.23. The highest BCUT2D eigenvalue weighted by Crippen LogP contribution is 2.54. The molecule has 34 heavy (non-hydrogen) atoms. The first-order valence-electron chi connectivity index (χ1n) is 11.2. The average molecular weight is 455 g/mol. The molecule has 0 aromatic heterocycles. The summed E-state index contributed by atoms with van der Waals surface area (Å²) in [5.74, 6) is 10.1. The van der Waals surface area contributed by atoms with Gasteiger partial charge in [0, 0.05) is 34.1 Å². The van der Waals surface area contributed by atoms with Crippen LogP contribution in [0, 0.1) is 35.3 Å². The van der Waals surface area contributed by atoms with Crippen LogP contribution in [0.1, 0.15) is 72.9 Å². The average Bonchev–Trinajstić information content (AvgIpc) is 2.77. The summed E-state index contributed by atoms with van der Waals surface area (Å²) in [6.45, 7) is 6.42. The maximum Gasteiger partial charge on any atom is 0.127 e. The maximum atomic E-state index is 15.1. The van der Waals surface area contributed by atoms with E-state index in [0.29, 0.717) is 22.3 Å². The van der Waals surface area contributed by atoms with Gasteiger partial charge in [0.1, 0.15) is 22.8 Å². The van der Waals surface area contributed by atoms with E-state index in [1.165, 1.54) is 12.1 Å². The van der Waals surface area contributed by atoms with Gasteiger partial charge in [0.2, 0.25) is 0 Å². The predicted octanol–water partition coefficient (Wildman–Crippen LogP) is 5.51. The van der Waals surface area contributed by atoms with Crippen molar-refractivity contribution in [2.75, 3.05) is 0 Å². The van der Waals surface area contributed by atoms with Crippen molar-refractivity contribution in [3.8, 4) is 23.7 Å². The Morgan fingerprint density at radius 1 is 0.647 bits per heavy atom. The van der Waals surface area contributed by atoms with Crippen LogP contribution in [0.4, 0.5) is 8.78 Å². The molecule has 2 N–H and O–H groups in total. The Morgan fingerprint density at radius 3 is 1.38 bits per heavy atom. The molecule has 3 aromatic rings. The van der Waals surface area contributed by atoms with Gasteiger partial charge in [-0.2, -0.15) is 0 Å². The van der Waals surface area contributed by atoms with Crippen LogP contribution in [0.2, 0.25) is 0 Å². The van der Waals surface area contributed by atoms with Crippen LogP contribution in [0.25, 0.3) is 10.8 Å². The van der Waals surface area contributed by atoms with Gasteiger partial charge in [-0.05, 0) is 61.7 Å². The number of hydrogen-bond donors (Lipinski definition) is 2. The third kappa shape index (κ3) is 3.61. The van der Waals surface area contributed by atoms with Gasteiger partial charge in [-0.25, -0.2) is 8.78 Å². The predicted molar refractivity (Wildman–Crippen MR) is 129 cm³/mol. The first-order chi connectivity index (χ1) is 16.0. The van der Waals surface area contributed by atoms with Crippen LogP contribution in [0.15, 0.2) is 48.6 Å². The van der Waals surface area contributed by atoms with E-state index >= 15 is 8.78 Å². The van der Waals surface area contributed by atoms with E-state index in [4.69, 9.17) is 0 Å². The number of aliphatic hydroxyl groups is 2. The number of rotatable bonds is 0. The summed E-state index contributed by atoms with van der Waals surface area (Å²) in [6, 6.07) is 9.97. The molecule has 0 amide bonds. The van der Waals surface area contributed by atoms with Crippen molar-refractivity contribution in [2.45, 2.75) is 50.7 Å². The Balaban J connectivity index is 1.96. The molecule has 3 aromatic carbocycles. The van der Waals surface area contributed by atoms with Crippen molar-refractivity contribution in [1.29, 1.82) is 0 Å². The van der Waals surface area contributed by atoms with Crippen molar-refractivity contribution in [2.24, 2.45) is 0 Å². The molecule has 2 atom stereocenters. The molecule has 3 aliphatic rings. The second-order valence-corrected chi connectivity index (χ2v) is 9.94. The lowest BCUT2D eigenvalue weighted by molar-refractivity contribution is 0.143. The zero-order valence-corrected chi connectivity index (χ0v) is 19.4. The van der Waals surface area contributed by atoms with Crippen LogP contribution in [0.5, 0.6) is 0 Å². The van der Waals surface area contributed by atoms with E-state index in [9.17, 15) is 10.2 Å². The van der Waals surface area contributed by atoms with Crippen molar-refractivity contribution >= 4 is 10.8 Å². The molecule has 0 fully saturated rings. The Morgan fingerprint density at radius 2 is 1.03 bits per heavy atom. The van der Waals surface area contributed by atoms with Crippen LogP contribution < -0.4 is 0 Å². The standard InChI is InChI=1S/C30H24F2O2/c1-29(2,33)15-13-19-17-7-5-6-8-18(17)20(14-16-30(3,4)34)26-22-10-9-21(25(19)26)27-23(31)11-12-24(32)28(22)27/h5-12,21-22,33-34H,1-4H3. The van der Waals surface area contributed by atoms with Gasteiger partial charge in [0.15, 0.2) is 0 Å². The van der Waals surface area contributed by atoms with E-state index < -0.39 is 34.7 Å². The normalized spacial score (nSPS) is 18.0. The first kappa shape index (κ1) is 22.4. The minimum absolute atomic E-state index is 0.322. The highest BCUT2D eigenvalue weighted by molar-refractivity contribution is 5.97. The van der Waals surface area contributed by atoms with Gasteiger partial charge in [0.25, 0.3) is 0 Å². The minimum Gasteiger partial charge on any atom is -0.378 e. The van der Waals surface area contributed by atoms with Crippen LogP contribution in [-0.4, -0.2) is 21.4 Å². The number of allylic oxidation sites excluding steroid dienone is 2. The summed E-state index contributed by atoms with van der Waals surface area (Å²) < 4.78 is 30.2. The quantitative estimate of drug-likeness (QED) is 0.347. The fourth-order valence-electron chi connectivity index (χ4n) is 4.94. The summed E-state index contributed by atoms with van der Waals surface area (Å²) in [5.41, 5.74) is 1.09. The molecule has 6 rings (SSSR count). The largest absolute Gasteiger partial charge is 0.378 e. The Labute approximate surface area is 197 Å². The molecule has 0 aliphatic heterocycles. The highest BCUT2D eigenvalue weighted by Gasteiger charge is 2.41. The van der Waals surface area contributed by atoms with E-state index in [1.54, 1.807) is 27.7 Å². The molecular weight excluding hydrogens is 430 g/mol. The molecule has 3 aliphatic carbocycles. The van der Waals surface area contributed by atoms with Crippen molar-refractivity contribution in [3.05, 3.63) is 93.6 Å². The van der Waals surface area contributed by atoms with Crippen LogP contribution >= 0.6 is 0 Å². The van der Waals surface area contributed by atoms with Crippen molar-refractivity contribution < 1.29 is 19.0 Å². The molecule has 4 heteroatoms. The number of fused-ring (bicyclic) bond motifs is 1. The summed E-state index contributed by atoms with van der Waals surface area (Å²) in [7, 11) is 0. The molecule has 170 valence electrons. The first-order valence-corrected chi connectivity index (χ1v) is 11.2. The van der Waals surface area contributed by atoms with Gasteiger partial charge in [0.05, 0.1) is 0 Å². The van der Waals surface area contributed by atoms with Crippen LogP contribution in [-0.2, 0) is 0 Å². The van der Waals surface area contributed by atoms with Gasteiger partial charge in [-0.3, -0.25) is 0 Å². The van der Waals surface area contributed by atoms with Crippen molar-refractivity contribution in [3.63, 3.8) is 0 Å². The molecule has 0 radical (unpaired) electrons. The second-order valence-electron chi connectivity index (χ2n) is 9.94. The topological polar surface area (TPSA) is 40.5 Å². The Hall–Kier alpha value is -3.44. The van der Waals surface area contributed by atoms with Gasteiger partial charge < -0.3 is 10.2 Å². The Kier molecular flexibility index (Phi) is 4.96. The van der Waals surface area contributed by atoms with E-state index in [2.05, 4.69) is 23.7 Å². The fraction of sp³-hybridized carbons (Fsp3) is 0.267. The molecule has 2 bridgehead atoms. The smallest absolute Gasteiger partial charge is 0.127 e. The SMILES string of the molecule is CC(C)(O)C#Cc1c2c(c(C#CC(C)(C)O)c3ccccc13)C1C=CC2c2c(F)ccc(F)c21. The molecule has 0 spiro atoms. The molecule has 0 heterocycles. The van der Waals surface area contributed by atoms with Gasteiger partial charge in [-0.15, -0.1) is 0 Å². The molecular formula is C30H24F2O2. The molecule has 0 saturated heterocycles. The van der Waals surface area contributed by atoms with Crippen LogP contribution in [0.3, 0.4) is 0 Å². The number of hydrogen-bond acceptors (Lipinski definition) is 2. The van der Waals surface area contributed by atoms with E-state index in [-0.39, 0.29) is 0 Å². The Bertz CT molecular complexity index is 1400. The monoisotopic (exact) mass is 454 g/mol. The lowest BCUT2D eigenvalue weighted by atomic mass is 9.64. The zero-order chi connectivity index (χ0) is 24.4. The second kappa shape index (κ2) is 7.54. The number of benzene rings is 3. The maximum absolute atomic E-state index is 15.1.